The maximum absolute atomic E-state index is 4.38. The second kappa shape index (κ2) is 7.53. The van der Waals surface area contributed by atoms with Crippen molar-refractivity contribution in [1.29, 1.82) is 0 Å². The first-order valence-electron chi connectivity index (χ1n) is 7.90. The fraction of sp³-hybridized carbons (Fsp3) is 0.333. The molecule has 0 N–H and O–H groups in total. The third kappa shape index (κ3) is 4.06. The molecule has 0 spiro atoms. The van der Waals surface area contributed by atoms with E-state index in [0.717, 1.165) is 31.9 Å². The topological polar surface area (TPSA) is 34.0 Å². The van der Waals surface area contributed by atoms with Crippen LogP contribution < -0.4 is 0 Å². The molecule has 3 aromatic rings. The summed E-state index contributed by atoms with van der Waals surface area (Å²) in [5.41, 5.74) is 5.65. The van der Waals surface area contributed by atoms with Crippen LogP contribution in [-0.4, -0.2) is 19.4 Å². The molecule has 0 saturated heterocycles. The zero-order chi connectivity index (χ0) is 16.1. The molecule has 0 saturated carbocycles. The number of aryl methyl sites for hydroxylation is 2. The van der Waals surface area contributed by atoms with E-state index in [0.29, 0.717) is 0 Å². The minimum Gasteiger partial charge on any atom is -0.334 e. The van der Waals surface area contributed by atoms with Crippen LogP contribution in [0, 0.1) is 6.92 Å². The molecule has 0 aliphatic rings. The monoisotopic (exact) mass is 326 g/mol. The number of nitrogens with zero attached hydrogens (tertiary/aromatic N) is 4. The Bertz CT molecular complexity index is 732. The van der Waals surface area contributed by atoms with Crippen LogP contribution in [0.25, 0.3) is 0 Å². The Morgan fingerprint density at radius 2 is 1.96 bits per heavy atom. The van der Waals surface area contributed by atoms with E-state index in [4.69, 9.17) is 0 Å². The van der Waals surface area contributed by atoms with Crippen molar-refractivity contribution in [2.75, 3.05) is 0 Å². The van der Waals surface area contributed by atoms with Gasteiger partial charge in [0.1, 0.15) is 0 Å². The molecule has 3 rings (SSSR count). The first kappa shape index (κ1) is 15.9. The molecule has 2 aromatic heterocycles. The lowest BCUT2D eigenvalue weighted by Crippen LogP contribution is -2.23. The van der Waals surface area contributed by atoms with E-state index in [2.05, 4.69) is 63.6 Å². The predicted octanol–water partition coefficient (Wildman–Crippen LogP) is 3.87. The molecule has 0 atom stereocenters. The van der Waals surface area contributed by atoms with E-state index in [1.54, 1.807) is 11.3 Å². The van der Waals surface area contributed by atoms with E-state index in [-0.39, 0.29) is 0 Å². The van der Waals surface area contributed by atoms with Crippen LogP contribution in [0.1, 0.15) is 28.8 Å². The molecule has 0 radical (unpaired) electrons. The average Bonchev–Trinajstić information content (AvgIpc) is 3.17. The van der Waals surface area contributed by atoms with Gasteiger partial charge in [-0.1, -0.05) is 30.3 Å². The second-order valence-electron chi connectivity index (χ2n) is 5.66. The molecule has 1 aromatic carbocycles. The van der Waals surface area contributed by atoms with Gasteiger partial charge >= 0.3 is 0 Å². The molecular weight excluding hydrogens is 304 g/mol. The van der Waals surface area contributed by atoms with Crippen molar-refractivity contribution < 1.29 is 0 Å². The molecule has 0 fully saturated rings. The lowest BCUT2D eigenvalue weighted by atomic mass is 10.2. The molecule has 0 aliphatic carbocycles. The molecule has 0 aliphatic heterocycles. The van der Waals surface area contributed by atoms with Gasteiger partial charge in [0.2, 0.25) is 0 Å². The molecule has 2 heterocycles. The highest BCUT2D eigenvalue weighted by atomic mass is 32.1. The summed E-state index contributed by atoms with van der Waals surface area (Å²) in [6, 6.07) is 10.6. The summed E-state index contributed by atoms with van der Waals surface area (Å²) in [6.45, 7) is 7.92. The number of thiazole rings is 1. The van der Waals surface area contributed by atoms with Gasteiger partial charge in [-0.2, -0.15) is 0 Å². The van der Waals surface area contributed by atoms with E-state index in [1.807, 2.05) is 18.0 Å². The standard InChI is InChI=1S/C18H22N4S/c1-3-22-13-19-9-17(22)11-21(10-16-7-5-4-6-8-16)12-18-15(2)20-14-23-18/h4-9,13-14H,3,10-12H2,1-2H3. The Morgan fingerprint density at radius 1 is 1.13 bits per heavy atom. The van der Waals surface area contributed by atoms with E-state index < -0.39 is 0 Å². The van der Waals surface area contributed by atoms with E-state index in [1.165, 1.54) is 16.1 Å². The third-order valence-corrected chi connectivity index (χ3v) is 4.91. The fourth-order valence-electron chi connectivity index (χ4n) is 2.68. The minimum atomic E-state index is 0.889. The smallest absolute Gasteiger partial charge is 0.0948 e. The van der Waals surface area contributed by atoms with Crippen molar-refractivity contribution in [3.63, 3.8) is 0 Å². The maximum Gasteiger partial charge on any atom is 0.0948 e. The van der Waals surface area contributed by atoms with Gasteiger partial charge < -0.3 is 4.57 Å². The summed E-state index contributed by atoms with van der Waals surface area (Å²) < 4.78 is 2.21. The lowest BCUT2D eigenvalue weighted by Gasteiger charge is -2.22. The zero-order valence-corrected chi connectivity index (χ0v) is 14.5. The molecule has 4 nitrogen and oxygen atoms in total. The summed E-state index contributed by atoms with van der Waals surface area (Å²) in [5, 5.41) is 0. The van der Waals surface area contributed by atoms with Crippen molar-refractivity contribution in [2.45, 2.75) is 40.0 Å². The van der Waals surface area contributed by atoms with Crippen molar-refractivity contribution in [2.24, 2.45) is 0 Å². The van der Waals surface area contributed by atoms with Gasteiger partial charge in [-0.05, 0) is 19.4 Å². The highest BCUT2D eigenvalue weighted by Gasteiger charge is 2.13. The summed E-state index contributed by atoms with van der Waals surface area (Å²) in [7, 11) is 0. The van der Waals surface area contributed by atoms with Crippen LogP contribution in [0.5, 0.6) is 0 Å². The van der Waals surface area contributed by atoms with Gasteiger partial charge in [-0.25, -0.2) is 9.97 Å². The first-order chi connectivity index (χ1) is 11.3. The Hall–Kier alpha value is -1.98. The predicted molar refractivity (Wildman–Crippen MR) is 94.1 cm³/mol. The Balaban J connectivity index is 1.79. The Labute approximate surface area is 141 Å². The molecule has 0 unspecified atom stereocenters. The van der Waals surface area contributed by atoms with Crippen LogP contribution in [0.2, 0.25) is 0 Å². The van der Waals surface area contributed by atoms with Crippen molar-refractivity contribution in [1.82, 2.24) is 19.4 Å². The van der Waals surface area contributed by atoms with Gasteiger partial charge in [-0.15, -0.1) is 11.3 Å². The number of rotatable bonds is 7. The molecule has 120 valence electrons. The number of benzene rings is 1. The quantitative estimate of drug-likeness (QED) is 0.661. The van der Waals surface area contributed by atoms with Crippen molar-refractivity contribution in [3.8, 4) is 0 Å². The SMILES string of the molecule is CCn1cncc1CN(Cc1ccccc1)Cc1scnc1C. The lowest BCUT2D eigenvalue weighted by molar-refractivity contribution is 0.243. The van der Waals surface area contributed by atoms with Crippen LogP contribution in [0.15, 0.2) is 48.4 Å². The fourth-order valence-corrected chi connectivity index (χ4v) is 3.50. The molecule has 0 bridgehead atoms. The average molecular weight is 326 g/mol. The highest BCUT2D eigenvalue weighted by molar-refractivity contribution is 7.09. The Morgan fingerprint density at radius 3 is 2.65 bits per heavy atom. The number of hydrogen-bond acceptors (Lipinski definition) is 4. The van der Waals surface area contributed by atoms with Crippen LogP contribution in [0.3, 0.4) is 0 Å². The number of imidazole rings is 1. The summed E-state index contributed by atoms with van der Waals surface area (Å²) in [6.07, 6.45) is 3.88. The van der Waals surface area contributed by atoms with Gasteiger partial charge in [-0.3, -0.25) is 4.90 Å². The molecule has 23 heavy (non-hydrogen) atoms. The first-order valence-corrected chi connectivity index (χ1v) is 8.78. The van der Waals surface area contributed by atoms with Gasteiger partial charge in [0.05, 0.1) is 23.2 Å². The van der Waals surface area contributed by atoms with Gasteiger partial charge in [0, 0.05) is 37.3 Å². The minimum absolute atomic E-state index is 0.889. The summed E-state index contributed by atoms with van der Waals surface area (Å²) in [5.74, 6) is 0. The highest BCUT2D eigenvalue weighted by Crippen LogP contribution is 2.19. The third-order valence-electron chi connectivity index (χ3n) is 3.99. The largest absolute Gasteiger partial charge is 0.334 e. The van der Waals surface area contributed by atoms with Crippen LogP contribution >= 0.6 is 11.3 Å². The molecule has 5 heteroatoms. The van der Waals surface area contributed by atoms with E-state index in [9.17, 15) is 0 Å². The molecule has 0 amide bonds. The number of hydrogen-bond donors (Lipinski definition) is 0. The summed E-state index contributed by atoms with van der Waals surface area (Å²) in [4.78, 5) is 12.5. The normalized spacial score (nSPS) is 11.3. The van der Waals surface area contributed by atoms with Crippen molar-refractivity contribution in [3.05, 3.63) is 70.2 Å². The van der Waals surface area contributed by atoms with Crippen LogP contribution in [-0.2, 0) is 26.2 Å². The second-order valence-corrected chi connectivity index (χ2v) is 6.60. The maximum atomic E-state index is 4.38. The van der Waals surface area contributed by atoms with Crippen LogP contribution in [0.4, 0.5) is 0 Å². The van der Waals surface area contributed by atoms with Crippen molar-refractivity contribution >= 4 is 11.3 Å². The summed E-state index contributed by atoms with van der Waals surface area (Å²) >= 11 is 1.74. The van der Waals surface area contributed by atoms with Gasteiger partial charge in [0.15, 0.2) is 0 Å². The van der Waals surface area contributed by atoms with Gasteiger partial charge in [0.25, 0.3) is 0 Å². The molecular formula is C18H22N4S. The zero-order valence-electron chi connectivity index (χ0n) is 13.6. The van der Waals surface area contributed by atoms with E-state index >= 15 is 0 Å². The number of aromatic nitrogens is 3. The Kier molecular flexibility index (Phi) is 5.20.